The molecule has 0 aliphatic heterocycles. The first-order valence-electron chi connectivity index (χ1n) is 5.15. The van der Waals surface area contributed by atoms with Crippen LogP contribution in [-0.4, -0.2) is 22.5 Å². The highest BCUT2D eigenvalue weighted by atomic mass is 19.4. The molecule has 0 aliphatic rings. The van der Waals surface area contributed by atoms with Crippen LogP contribution in [0.4, 0.5) is 13.2 Å². The van der Waals surface area contributed by atoms with Crippen LogP contribution in [-0.2, 0) is 13.0 Å². The average Bonchev–Trinajstić information content (AvgIpc) is 2.42. The van der Waals surface area contributed by atoms with E-state index in [1.165, 1.54) is 4.68 Å². The van der Waals surface area contributed by atoms with E-state index in [-0.39, 0.29) is 6.54 Å². The molecule has 6 heteroatoms. The van der Waals surface area contributed by atoms with E-state index in [1.54, 1.807) is 13.8 Å². The molecule has 1 aromatic heterocycles. The summed E-state index contributed by atoms with van der Waals surface area (Å²) < 4.78 is 37.6. The van der Waals surface area contributed by atoms with Gasteiger partial charge >= 0.3 is 6.18 Å². The van der Waals surface area contributed by atoms with E-state index in [9.17, 15) is 13.2 Å². The third-order valence-corrected chi connectivity index (χ3v) is 2.53. The van der Waals surface area contributed by atoms with Gasteiger partial charge in [-0.25, -0.2) is 0 Å². The first-order chi connectivity index (χ1) is 7.35. The number of nitrogens with zero attached hydrogens (tertiary/aromatic N) is 2. The number of hydrogen-bond donors (Lipinski definition) is 1. The lowest BCUT2D eigenvalue weighted by Crippen LogP contribution is -2.14. The average molecular weight is 235 g/mol. The van der Waals surface area contributed by atoms with Crippen molar-refractivity contribution < 1.29 is 13.2 Å². The van der Waals surface area contributed by atoms with Gasteiger partial charge in [-0.3, -0.25) is 4.68 Å². The van der Waals surface area contributed by atoms with E-state index in [2.05, 4.69) is 5.10 Å². The second-order valence-corrected chi connectivity index (χ2v) is 3.78. The molecular weight excluding hydrogens is 219 g/mol. The van der Waals surface area contributed by atoms with Gasteiger partial charge in [0.1, 0.15) is 0 Å². The lowest BCUT2D eigenvalue weighted by atomic mass is 10.1. The summed E-state index contributed by atoms with van der Waals surface area (Å²) in [4.78, 5) is 0. The molecule has 0 radical (unpaired) electrons. The fraction of sp³-hybridized carbons (Fsp3) is 0.700. The highest BCUT2D eigenvalue weighted by Crippen LogP contribution is 2.21. The van der Waals surface area contributed by atoms with Gasteiger partial charge in [0.25, 0.3) is 0 Å². The van der Waals surface area contributed by atoms with Crippen LogP contribution in [0, 0.1) is 13.8 Å². The summed E-state index contributed by atoms with van der Waals surface area (Å²) in [6, 6.07) is 0. The molecule has 0 bridgehead atoms. The Kier molecular flexibility index (Phi) is 3.96. The predicted octanol–water partition coefficient (Wildman–Crippen LogP) is 1.95. The third-order valence-electron chi connectivity index (χ3n) is 2.53. The second kappa shape index (κ2) is 4.86. The van der Waals surface area contributed by atoms with E-state index in [0.29, 0.717) is 13.0 Å². The second-order valence-electron chi connectivity index (χ2n) is 3.78. The zero-order valence-electron chi connectivity index (χ0n) is 9.43. The molecule has 0 saturated carbocycles. The van der Waals surface area contributed by atoms with Crippen LogP contribution in [0.2, 0.25) is 0 Å². The lowest BCUT2D eigenvalue weighted by Gasteiger charge is -2.08. The van der Waals surface area contributed by atoms with Crippen molar-refractivity contribution in [3.8, 4) is 0 Å². The number of hydrogen-bond acceptors (Lipinski definition) is 2. The Morgan fingerprint density at radius 3 is 2.44 bits per heavy atom. The Hall–Kier alpha value is -1.04. The third kappa shape index (κ3) is 3.23. The Balaban J connectivity index is 2.78. The van der Waals surface area contributed by atoms with Crippen LogP contribution in [0.25, 0.3) is 0 Å². The summed E-state index contributed by atoms with van der Waals surface area (Å²) in [6.07, 6.45) is -4.33. The molecule has 0 spiro atoms. The maximum atomic E-state index is 12.1. The van der Waals surface area contributed by atoms with Crippen LogP contribution in [0.1, 0.15) is 23.4 Å². The van der Waals surface area contributed by atoms with Crippen molar-refractivity contribution >= 4 is 0 Å². The Morgan fingerprint density at radius 1 is 1.31 bits per heavy atom. The number of nitrogens with two attached hydrogens (primary N) is 1. The smallest absolute Gasteiger partial charge is 0.330 e. The predicted molar refractivity (Wildman–Crippen MR) is 55.1 cm³/mol. The molecule has 1 heterocycles. The minimum absolute atomic E-state index is 0.124. The normalized spacial score (nSPS) is 12.1. The number of aryl methyl sites for hydroxylation is 2. The molecule has 16 heavy (non-hydrogen) atoms. The van der Waals surface area contributed by atoms with Crippen molar-refractivity contribution in [3.05, 3.63) is 17.0 Å². The van der Waals surface area contributed by atoms with Crippen molar-refractivity contribution in [2.45, 2.75) is 39.4 Å². The maximum Gasteiger partial charge on any atom is 0.390 e. The van der Waals surface area contributed by atoms with Gasteiger partial charge in [-0.15, -0.1) is 0 Å². The topological polar surface area (TPSA) is 43.8 Å². The SMILES string of the molecule is Cc1nn(CCC(F)(F)F)c(C)c1CCN. The Labute approximate surface area is 92.4 Å². The van der Waals surface area contributed by atoms with Gasteiger partial charge in [-0.1, -0.05) is 0 Å². The van der Waals surface area contributed by atoms with E-state index in [0.717, 1.165) is 17.0 Å². The highest BCUT2D eigenvalue weighted by Gasteiger charge is 2.27. The van der Waals surface area contributed by atoms with E-state index in [1.807, 2.05) is 0 Å². The van der Waals surface area contributed by atoms with Crippen LogP contribution in [0.3, 0.4) is 0 Å². The molecule has 0 aliphatic carbocycles. The molecule has 92 valence electrons. The first kappa shape index (κ1) is 13.0. The summed E-state index contributed by atoms with van der Waals surface area (Å²) in [5.74, 6) is 0. The van der Waals surface area contributed by atoms with Crippen LogP contribution < -0.4 is 5.73 Å². The zero-order chi connectivity index (χ0) is 12.3. The molecule has 3 nitrogen and oxygen atoms in total. The van der Waals surface area contributed by atoms with Gasteiger partial charge in [-0.2, -0.15) is 18.3 Å². The van der Waals surface area contributed by atoms with E-state index >= 15 is 0 Å². The maximum absolute atomic E-state index is 12.1. The number of rotatable bonds is 4. The highest BCUT2D eigenvalue weighted by molar-refractivity contribution is 5.24. The minimum atomic E-state index is -4.14. The van der Waals surface area contributed by atoms with Crippen LogP contribution >= 0.6 is 0 Å². The Bertz CT molecular complexity index is 355. The number of halogens is 3. The van der Waals surface area contributed by atoms with Gasteiger partial charge < -0.3 is 5.73 Å². The number of alkyl halides is 3. The Morgan fingerprint density at radius 2 is 1.94 bits per heavy atom. The van der Waals surface area contributed by atoms with E-state index in [4.69, 9.17) is 5.73 Å². The first-order valence-corrected chi connectivity index (χ1v) is 5.15. The number of aromatic nitrogens is 2. The summed E-state index contributed by atoms with van der Waals surface area (Å²) >= 11 is 0. The monoisotopic (exact) mass is 235 g/mol. The largest absolute Gasteiger partial charge is 0.390 e. The van der Waals surface area contributed by atoms with Gasteiger partial charge in [-0.05, 0) is 32.4 Å². The summed E-state index contributed by atoms with van der Waals surface area (Å²) in [5, 5.41) is 4.09. The van der Waals surface area contributed by atoms with Gasteiger partial charge in [0, 0.05) is 12.2 Å². The molecule has 0 amide bonds. The van der Waals surface area contributed by atoms with Gasteiger partial charge in [0.05, 0.1) is 12.1 Å². The molecule has 1 rings (SSSR count). The van der Waals surface area contributed by atoms with Crippen molar-refractivity contribution in [2.24, 2.45) is 5.73 Å². The molecule has 0 aromatic carbocycles. The standard InChI is InChI=1S/C10H16F3N3/c1-7-9(3-5-14)8(2)16(15-7)6-4-10(11,12)13/h3-6,14H2,1-2H3. The summed E-state index contributed by atoms with van der Waals surface area (Å²) in [6.45, 7) is 3.93. The van der Waals surface area contributed by atoms with E-state index < -0.39 is 12.6 Å². The molecule has 0 unspecified atom stereocenters. The minimum Gasteiger partial charge on any atom is -0.330 e. The quantitative estimate of drug-likeness (QED) is 0.866. The van der Waals surface area contributed by atoms with Crippen molar-refractivity contribution in [3.63, 3.8) is 0 Å². The molecule has 0 atom stereocenters. The molecular formula is C10H16F3N3. The van der Waals surface area contributed by atoms with Gasteiger partial charge in [0.2, 0.25) is 0 Å². The molecule has 1 aromatic rings. The summed E-state index contributed by atoms with van der Waals surface area (Å²) in [7, 11) is 0. The van der Waals surface area contributed by atoms with Crippen molar-refractivity contribution in [1.82, 2.24) is 9.78 Å². The fourth-order valence-corrected chi connectivity index (χ4v) is 1.69. The van der Waals surface area contributed by atoms with Crippen LogP contribution in [0.5, 0.6) is 0 Å². The van der Waals surface area contributed by atoms with Gasteiger partial charge in [0.15, 0.2) is 0 Å². The van der Waals surface area contributed by atoms with Crippen molar-refractivity contribution in [2.75, 3.05) is 6.54 Å². The van der Waals surface area contributed by atoms with Crippen molar-refractivity contribution in [1.29, 1.82) is 0 Å². The molecule has 2 N–H and O–H groups in total. The molecule has 0 fully saturated rings. The fourth-order valence-electron chi connectivity index (χ4n) is 1.69. The lowest BCUT2D eigenvalue weighted by molar-refractivity contribution is -0.137. The molecule has 0 saturated heterocycles. The summed E-state index contributed by atoms with van der Waals surface area (Å²) in [5.41, 5.74) is 7.95. The van der Waals surface area contributed by atoms with Crippen LogP contribution in [0.15, 0.2) is 0 Å². The zero-order valence-corrected chi connectivity index (χ0v) is 9.43.